The van der Waals surface area contributed by atoms with Crippen molar-refractivity contribution in [3.8, 4) is 11.5 Å². The topological polar surface area (TPSA) is 62.2 Å². The van der Waals surface area contributed by atoms with E-state index in [1.165, 1.54) is 12.8 Å². The lowest BCUT2D eigenvalue weighted by Gasteiger charge is -2.62. The van der Waals surface area contributed by atoms with Crippen molar-refractivity contribution in [2.24, 2.45) is 5.92 Å². The molecule has 2 aliphatic heterocycles. The van der Waals surface area contributed by atoms with Crippen LogP contribution in [0.25, 0.3) is 0 Å². The van der Waals surface area contributed by atoms with Crippen molar-refractivity contribution < 1.29 is 19.5 Å². The molecule has 2 aromatic carbocycles. The first-order valence-corrected chi connectivity index (χ1v) is 12.0. The Hall–Kier alpha value is -2.83. The third kappa shape index (κ3) is 2.33. The Morgan fingerprint density at radius 3 is 2.76 bits per heavy atom. The molecule has 170 valence electrons. The fraction of sp³-hybridized carbons (Fsp3) is 0.444. The van der Waals surface area contributed by atoms with E-state index in [0.29, 0.717) is 5.75 Å². The van der Waals surface area contributed by atoms with Gasteiger partial charge in [0.05, 0.1) is 18.2 Å². The fourth-order valence-corrected chi connectivity index (χ4v) is 7.20. The van der Waals surface area contributed by atoms with Gasteiger partial charge in [-0.05, 0) is 68.0 Å². The van der Waals surface area contributed by atoms with Crippen LogP contribution >= 0.6 is 0 Å². The molecule has 2 heterocycles. The number of ether oxygens (including phenoxy) is 1. The second-order valence-corrected chi connectivity index (χ2v) is 10.2. The van der Waals surface area contributed by atoms with Gasteiger partial charge in [-0.3, -0.25) is 14.5 Å². The molecule has 4 bridgehead atoms. The molecule has 4 atom stereocenters. The van der Waals surface area contributed by atoms with Crippen LogP contribution in [0, 0.1) is 5.92 Å². The molecule has 4 unspecified atom stereocenters. The number of phenolic OH excluding ortho intramolecular Hbond substituents is 1. The van der Waals surface area contributed by atoms with Gasteiger partial charge in [-0.2, -0.15) is 0 Å². The molecular formula is C27H28N2O4. The monoisotopic (exact) mass is 444 g/mol. The molecule has 6 nitrogen and oxygen atoms in total. The molecule has 0 amide bonds. The van der Waals surface area contributed by atoms with Gasteiger partial charge in [-0.25, -0.2) is 5.06 Å². The highest BCUT2D eigenvalue weighted by atomic mass is 16.7. The summed E-state index contributed by atoms with van der Waals surface area (Å²) in [4.78, 5) is 22.6. The van der Waals surface area contributed by atoms with Crippen LogP contribution in [0.3, 0.4) is 0 Å². The molecule has 2 aromatic rings. The Labute approximate surface area is 193 Å². The van der Waals surface area contributed by atoms with Crippen molar-refractivity contribution in [1.29, 1.82) is 0 Å². The van der Waals surface area contributed by atoms with E-state index < -0.39 is 17.1 Å². The van der Waals surface area contributed by atoms with Crippen LogP contribution in [0.5, 0.6) is 11.5 Å². The Morgan fingerprint density at radius 1 is 1.18 bits per heavy atom. The molecule has 33 heavy (non-hydrogen) atoms. The van der Waals surface area contributed by atoms with Crippen LogP contribution < -0.4 is 9.80 Å². The summed E-state index contributed by atoms with van der Waals surface area (Å²) in [6.45, 7) is 1.97. The standard InChI is InChI=1S/C27H28N2O4/c1-32-21-10-9-18-15-22-27-12-11-20(30)25(33-29(27)19-5-3-2-4-6-19)26(27,23(18)24(21)31)13-14-28(22)16-17-7-8-17/h2-6,9-12,17,22,25,31H,7-8,13-16H2,1H3. The first-order chi connectivity index (χ1) is 16.1. The molecule has 5 aliphatic rings. The number of benzene rings is 2. The summed E-state index contributed by atoms with van der Waals surface area (Å²) in [7, 11) is 1.58. The molecule has 7 rings (SSSR count). The van der Waals surface area contributed by atoms with Gasteiger partial charge < -0.3 is 9.84 Å². The zero-order chi connectivity index (χ0) is 22.4. The highest BCUT2D eigenvalue weighted by molar-refractivity contribution is 5.99. The number of hydrogen-bond acceptors (Lipinski definition) is 6. The highest BCUT2D eigenvalue weighted by Crippen LogP contribution is 2.65. The Bertz CT molecular complexity index is 1180. The van der Waals surface area contributed by atoms with Gasteiger partial charge in [-0.1, -0.05) is 30.3 Å². The molecule has 3 fully saturated rings. The van der Waals surface area contributed by atoms with Crippen LogP contribution in [0.2, 0.25) is 0 Å². The molecule has 2 saturated heterocycles. The zero-order valence-electron chi connectivity index (χ0n) is 18.7. The number of phenols is 1. The highest BCUT2D eigenvalue weighted by Gasteiger charge is 2.76. The molecule has 6 heteroatoms. The average Bonchev–Trinajstić information content (AvgIpc) is 3.61. The van der Waals surface area contributed by atoms with E-state index in [9.17, 15) is 9.90 Å². The maximum Gasteiger partial charge on any atom is 0.187 e. The molecule has 1 saturated carbocycles. The predicted molar refractivity (Wildman–Crippen MR) is 123 cm³/mol. The van der Waals surface area contributed by atoms with Crippen molar-refractivity contribution in [2.45, 2.75) is 48.8 Å². The van der Waals surface area contributed by atoms with Crippen molar-refractivity contribution in [3.05, 3.63) is 65.7 Å². The number of carbonyl (C=O) groups excluding carboxylic acids is 1. The summed E-state index contributed by atoms with van der Waals surface area (Å²) in [6, 6.07) is 14.2. The third-order valence-electron chi connectivity index (χ3n) is 8.70. The lowest BCUT2D eigenvalue weighted by atomic mass is 9.48. The van der Waals surface area contributed by atoms with Crippen LogP contribution in [-0.4, -0.2) is 53.7 Å². The minimum absolute atomic E-state index is 0.0338. The van der Waals surface area contributed by atoms with Crippen molar-refractivity contribution in [2.75, 3.05) is 25.3 Å². The van der Waals surface area contributed by atoms with Crippen LogP contribution in [0.1, 0.15) is 30.4 Å². The van der Waals surface area contributed by atoms with Crippen LogP contribution in [0.15, 0.2) is 54.6 Å². The molecular weight excluding hydrogens is 416 g/mol. The van der Waals surface area contributed by atoms with E-state index in [1.54, 1.807) is 13.2 Å². The lowest BCUT2D eigenvalue weighted by molar-refractivity contribution is -0.127. The number of hydroxylamine groups is 1. The van der Waals surface area contributed by atoms with Crippen molar-refractivity contribution in [1.82, 2.24) is 4.90 Å². The number of rotatable bonds is 4. The number of para-hydroxylation sites is 1. The first kappa shape index (κ1) is 19.6. The van der Waals surface area contributed by atoms with Crippen LogP contribution in [0.4, 0.5) is 5.69 Å². The summed E-state index contributed by atoms with van der Waals surface area (Å²) in [5.74, 6) is 1.33. The number of anilines is 1. The number of methoxy groups -OCH3 is 1. The number of nitrogens with zero attached hydrogens (tertiary/aromatic N) is 2. The summed E-state index contributed by atoms with van der Waals surface area (Å²) in [6.07, 6.45) is 7.27. The van der Waals surface area contributed by atoms with Crippen molar-refractivity contribution >= 4 is 11.5 Å². The van der Waals surface area contributed by atoms with E-state index in [2.05, 4.69) is 17.0 Å². The molecule has 1 N–H and O–H groups in total. The third-order valence-corrected chi connectivity index (χ3v) is 8.70. The Balaban J connectivity index is 1.52. The minimum Gasteiger partial charge on any atom is -0.504 e. The Morgan fingerprint density at radius 2 is 2.00 bits per heavy atom. The number of piperidine rings is 1. The summed E-state index contributed by atoms with van der Waals surface area (Å²) < 4.78 is 5.52. The van der Waals surface area contributed by atoms with E-state index >= 15 is 0 Å². The average molecular weight is 445 g/mol. The predicted octanol–water partition coefficient (Wildman–Crippen LogP) is 3.38. The number of ketones is 1. The minimum atomic E-state index is -0.676. The van der Waals surface area contributed by atoms with Gasteiger partial charge >= 0.3 is 0 Å². The maximum atomic E-state index is 13.4. The number of fused-ring (bicyclic) bond motifs is 1. The summed E-state index contributed by atoms with van der Waals surface area (Å²) in [5, 5.41) is 13.5. The summed E-state index contributed by atoms with van der Waals surface area (Å²) in [5.41, 5.74) is 1.61. The second kappa shape index (κ2) is 6.61. The lowest BCUT2D eigenvalue weighted by Crippen LogP contribution is -2.76. The van der Waals surface area contributed by atoms with Gasteiger partial charge in [-0.15, -0.1) is 0 Å². The van der Waals surface area contributed by atoms with Gasteiger partial charge in [0, 0.05) is 18.2 Å². The maximum absolute atomic E-state index is 13.4. The molecule has 3 aliphatic carbocycles. The quantitative estimate of drug-likeness (QED) is 0.780. The number of aromatic hydroxyl groups is 1. The van der Waals surface area contributed by atoms with Gasteiger partial charge in [0.2, 0.25) is 0 Å². The SMILES string of the molecule is COc1ccc2c(c1O)C13CCN(CC4CC4)C(C2)C12C=CC(=O)C3ON2c1ccccc1. The normalized spacial score (nSPS) is 34.2. The van der Waals surface area contributed by atoms with Gasteiger partial charge in [0.1, 0.15) is 5.54 Å². The Kier molecular flexibility index (Phi) is 3.93. The fourth-order valence-electron chi connectivity index (χ4n) is 7.20. The number of carbonyl (C=O) groups is 1. The molecule has 0 spiro atoms. The van der Waals surface area contributed by atoms with E-state index in [0.717, 1.165) is 48.7 Å². The van der Waals surface area contributed by atoms with Crippen molar-refractivity contribution in [3.63, 3.8) is 0 Å². The number of likely N-dealkylation sites (tertiary alicyclic amines) is 1. The smallest absolute Gasteiger partial charge is 0.187 e. The largest absolute Gasteiger partial charge is 0.504 e. The van der Waals surface area contributed by atoms with E-state index in [4.69, 9.17) is 9.57 Å². The molecule has 0 aromatic heterocycles. The molecule has 0 radical (unpaired) electrons. The van der Waals surface area contributed by atoms with E-state index in [1.807, 2.05) is 41.5 Å². The number of hydrogen-bond donors (Lipinski definition) is 1. The summed E-state index contributed by atoms with van der Waals surface area (Å²) >= 11 is 0. The second-order valence-electron chi connectivity index (χ2n) is 10.2. The van der Waals surface area contributed by atoms with Gasteiger partial charge in [0.15, 0.2) is 23.4 Å². The van der Waals surface area contributed by atoms with E-state index in [-0.39, 0.29) is 17.6 Å². The van der Waals surface area contributed by atoms with Gasteiger partial charge in [0.25, 0.3) is 0 Å². The van der Waals surface area contributed by atoms with Crippen LogP contribution in [-0.2, 0) is 21.5 Å². The first-order valence-electron chi connectivity index (χ1n) is 12.0. The zero-order valence-corrected chi connectivity index (χ0v) is 18.7.